The van der Waals surface area contributed by atoms with Gasteiger partial charge in [0.15, 0.2) is 5.13 Å². The van der Waals surface area contributed by atoms with Gasteiger partial charge in [-0.05, 0) is 19.1 Å². The third-order valence-electron chi connectivity index (χ3n) is 3.22. The summed E-state index contributed by atoms with van der Waals surface area (Å²) in [7, 11) is 0. The van der Waals surface area contributed by atoms with Gasteiger partial charge < -0.3 is 9.47 Å². The molecule has 1 unspecified atom stereocenters. The number of anilines is 1. The molecule has 0 aliphatic carbocycles. The number of para-hydroxylation sites is 1. The van der Waals surface area contributed by atoms with Gasteiger partial charge in [-0.2, -0.15) is 26.3 Å². The number of fused-ring (bicyclic) bond motifs is 1. The van der Waals surface area contributed by atoms with E-state index in [9.17, 15) is 35.9 Å². The molecule has 0 saturated carbocycles. The lowest BCUT2D eigenvalue weighted by Gasteiger charge is -2.33. The quantitative estimate of drug-likeness (QED) is 0.401. The van der Waals surface area contributed by atoms with E-state index < -0.39 is 43.3 Å². The molecule has 0 saturated heterocycles. The van der Waals surface area contributed by atoms with E-state index in [0.29, 0.717) is 10.2 Å². The molecular formula is C15H13F6N3O4S. The number of carbonyl (C=O) groups excluding carboxylic acids is 2. The summed E-state index contributed by atoms with van der Waals surface area (Å²) in [6.45, 7) is -1.94. The smallest absolute Gasteiger partial charge is 0.448 e. The first-order valence-corrected chi connectivity index (χ1v) is 8.59. The highest BCUT2D eigenvalue weighted by atomic mass is 32.1. The first-order valence-electron chi connectivity index (χ1n) is 7.77. The summed E-state index contributed by atoms with van der Waals surface area (Å²) in [5.41, 5.74) is -3.95. The Labute approximate surface area is 163 Å². The Morgan fingerprint density at radius 2 is 1.79 bits per heavy atom. The van der Waals surface area contributed by atoms with Crippen LogP contribution < -0.4 is 10.6 Å². The fourth-order valence-corrected chi connectivity index (χ4v) is 2.91. The molecule has 7 nitrogen and oxygen atoms in total. The molecule has 0 aliphatic rings. The second-order valence-electron chi connectivity index (χ2n) is 5.37. The average molecular weight is 445 g/mol. The largest absolute Gasteiger partial charge is 0.462 e. The highest BCUT2D eigenvalue weighted by Gasteiger charge is 2.66. The summed E-state index contributed by atoms with van der Waals surface area (Å²) in [5.74, 6) is -2.25. The van der Waals surface area contributed by atoms with Gasteiger partial charge in [-0.25, -0.2) is 14.6 Å². The van der Waals surface area contributed by atoms with Crippen molar-refractivity contribution in [2.75, 3.05) is 18.5 Å². The first-order chi connectivity index (χ1) is 13.4. The van der Waals surface area contributed by atoms with Crippen molar-refractivity contribution in [2.24, 2.45) is 0 Å². The van der Waals surface area contributed by atoms with E-state index in [2.05, 4.69) is 14.5 Å². The van der Waals surface area contributed by atoms with Gasteiger partial charge in [0.2, 0.25) is 0 Å². The fourth-order valence-electron chi connectivity index (χ4n) is 2.05. The maximum absolute atomic E-state index is 13.5. The number of nitrogens with zero attached hydrogens (tertiary/aromatic N) is 1. The second kappa shape index (κ2) is 8.41. The predicted octanol–water partition coefficient (Wildman–Crippen LogP) is 3.82. The van der Waals surface area contributed by atoms with E-state index in [-0.39, 0.29) is 5.13 Å². The SMILES string of the molecule is CCOC(=O)C(NC(=O)Nc1nc2ccccc2s1)(OCC(F)(F)F)C(F)(F)F. The summed E-state index contributed by atoms with van der Waals surface area (Å²) < 4.78 is 86.6. The number of esters is 1. The number of halogens is 6. The number of aromatic nitrogens is 1. The van der Waals surface area contributed by atoms with E-state index in [0.717, 1.165) is 23.6 Å². The van der Waals surface area contributed by atoms with Crippen LogP contribution in [0.3, 0.4) is 0 Å². The number of nitrogens with one attached hydrogen (secondary N) is 2. The minimum absolute atomic E-state index is 0.153. The van der Waals surface area contributed by atoms with Crippen molar-refractivity contribution >= 4 is 38.7 Å². The van der Waals surface area contributed by atoms with Gasteiger partial charge in [0, 0.05) is 0 Å². The van der Waals surface area contributed by atoms with Crippen molar-refractivity contribution in [3.63, 3.8) is 0 Å². The number of thiazole rings is 1. The molecule has 14 heteroatoms. The molecule has 1 atom stereocenters. The molecule has 29 heavy (non-hydrogen) atoms. The van der Waals surface area contributed by atoms with Crippen LogP contribution in [0.2, 0.25) is 0 Å². The monoisotopic (exact) mass is 445 g/mol. The standard InChI is InChI=1S/C15H13F6N3O4S/c1-2-27-10(25)14(15(19,20)21,28-7-13(16,17)18)24-11(26)23-12-22-8-5-3-4-6-9(8)29-12/h3-6H,2,7H2,1H3,(H2,22,23,24,26). The molecule has 0 radical (unpaired) electrons. The Hall–Kier alpha value is -2.61. The number of hydrogen-bond acceptors (Lipinski definition) is 6. The first kappa shape index (κ1) is 22.7. The van der Waals surface area contributed by atoms with Crippen molar-refractivity contribution in [1.82, 2.24) is 10.3 Å². The normalized spacial score (nSPS) is 14.3. The lowest BCUT2D eigenvalue weighted by molar-refractivity contribution is -0.305. The Bertz CT molecular complexity index is 852. The van der Waals surface area contributed by atoms with Crippen molar-refractivity contribution in [2.45, 2.75) is 25.0 Å². The van der Waals surface area contributed by atoms with Gasteiger partial charge in [-0.15, -0.1) is 0 Å². The summed E-state index contributed by atoms with van der Waals surface area (Å²) in [4.78, 5) is 27.9. The van der Waals surface area contributed by atoms with Crippen LogP contribution in [0.1, 0.15) is 6.92 Å². The number of urea groups is 1. The third-order valence-corrected chi connectivity index (χ3v) is 4.17. The summed E-state index contributed by atoms with van der Waals surface area (Å²) >= 11 is 0.894. The van der Waals surface area contributed by atoms with Gasteiger partial charge in [-0.3, -0.25) is 10.6 Å². The molecule has 0 fully saturated rings. The lowest BCUT2D eigenvalue weighted by Crippen LogP contribution is -2.67. The number of ether oxygens (including phenoxy) is 2. The number of rotatable bonds is 6. The summed E-state index contributed by atoms with van der Waals surface area (Å²) in [5, 5.41) is 2.90. The molecule has 0 bridgehead atoms. The van der Waals surface area contributed by atoms with Crippen LogP contribution in [0, 0.1) is 0 Å². The highest BCUT2D eigenvalue weighted by molar-refractivity contribution is 7.22. The number of alkyl halides is 6. The van der Waals surface area contributed by atoms with Crippen molar-refractivity contribution in [3.8, 4) is 0 Å². The van der Waals surface area contributed by atoms with Crippen LogP contribution in [-0.2, 0) is 14.3 Å². The van der Waals surface area contributed by atoms with Gasteiger partial charge in [0.25, 0.3) is 0 Å². The zero-order valence-electron chi connectivity index (χ0n) is 14.5. The molecule has 2 rings (SSSR count). The molecule has 2 aromatic rings. The topological polar surface area (TPSA) is 89.5 Å². The number of benzene rings is 1. The lowest BCUT2D eigenvalue weighted by atomic mass is 10.2. The van der Waals surface area contributed by atoms with Gasteiger partial charge in [0.05, 0.1) is 16.8 Å². The highest BCUT2D eigenvalue weighted by Crippen LogP contribution is 2.35. The maximum atomic E-state index is 13.5. The van der Waals surface area contributed by atoms with Crippen molar-refractivity contribution < 1.29 is 45.4 Å². The Morgan fingerprint density at radius 3 is 2.34 bits per heavy atom. The van der Waals surface area contributed by atoms with Crippen molar-refractivity contribution in [3.05, 3.63) is 24.3 Å². The zero-order valence-corrected chi connectivity index (χ0v) is 15.3. The van der Waals surface area contributed by atoms with Crippen LogP contribution in [0.15, 0.2) is 24.3 Å². The van der Waals surface area contributed by atoms with Crippen LogP contribution in [0.4, 0.5) is 36.3 Å². The van der Waals surface area contributed by atoms with Crippen LogP contribution >= 0.6 is 11.3 Å². The molecule has 2 N–H and O–H groups in total. The zero-order chi connectivity index (χ0) is 21.9. The van der Waals surface area contributed by atoms with Crippen molar-refractivity contribution in [1.29, 1.82) is 0 Å². The van der Waals surface area contributed by atoms with Crippen LogP contribution in [-0.4, -0.2) is 48.3 Å². The number of amides is 2. The molecule has 0 spiro atoms. The third kappa shape index (κ3) is 5.47. The minimum atomic E-state index is -5.77. The maximum Gasteiger partial charge on any atom is 0.448 e. The molecule has 1 aromatic carbocycles. The predicted molar refractivity (Wildman–Crippen MR) is 89.2 cm³/mol. The van der Waals surface area contributed by atoms with Crippen LogP contribution in [0.5, 0.6) is 0 Å². The Morgan fingerprint density at radius 1 is 1.14 bits per heavy atom. The Balaban J connectivity index is 2.30. The van der Waals surface area contributed by atoms with E-state index in [1.54, 1.807) is 24.3 Å². The number of carbonyl (C=O) groups is 2. The number of hydrogen-bond donors (Lipinski definition) is 2. The molecule has 1 aromatic heterocycles. The molecule has 2 amide bonds. The molecule has 1 heterocycles. The van der Waals surface area contributed by atoms with E-state index >= 15 is 0 Å². The van der Waals surface area contributed by atoms with Gasteiger partial charge in [-0.1, -0.05) is 23.5 Å². The van der Waals surface area contributed by atoms with E-state index in [1.807, 2.05) is 5.32 Å². The van der Waals surface area contributed by atoms with E-state index in [4.69, 9.17) is 0 Å². The molecular weight excluding hydrogens is 432 g/mol. The fraction of sp³-hybridized carbons (Fsp3) is 0.400. The molecule has 0 aliphatic heterocycles. The summed E-state index contributed by atoms with van der Waals surface area (Å²) in [6, 6.07) is 4.81. The minimum Gasteiger partial charge on any atom is -0.462 e. The van der Waals surface area contributed by atoms with E-state index in [1.165, 1.54) is 0 Å². The average Bonchev–Trinajstić information content (AvgIpc) is 2.98. The second-order valence-corrected chi connectivity index (χ2v) is 6.40. The summed E-state index contributed by atoms with van der Waals surface area (Å²) in [6.07, 6.45) is -11.0. The molecule has 160 valence electrons. The van der Waals surface area contributed by atoms with Gasteiger partial charge in [0.1, 0.15) is 6.61 Å². The Kier molecular flexibility index (Phi) is 6.57. The van der Waals surface area contributed by atoms with Crippen LogP contribution in [0.25, 0.3) is 10.2 Å². The van der Waals surface area contributed by atoms with Gasteiger partial charge >= 0.3 is 30.1 Å².